The minimum atomic E-state index is -2.14. The van der Waals surface area contributed by atoms with Crippen LogP contribution in [-0.4, -0.2) is 44.5 Å². The number of benzene rings is 1. The molecule has 0 aliphatic carbocycles. The Kier molecular flexibility index (Phi) is 5.72. The van der Waals surface area contributed by atoms with Gasteiger partial charge in [-0.3, -0.25) is 4.79 Å². The lowest BCUT2D eigenvalue weighted by Gasteiger charge is -2.50. The second-order valence-electron chi connectivity index (χ2n) is 8.03. The second-order valence-corrected chi connectivity index (χ2v) is 12.8. The van der Waals surface area contributed by atoms with Crippen LogP contribution < -0.4 is 0 Å². The van der Waals surface area contributed by atoms with E-state index >= 15 is 0 Å². The Morgan fingerprint density at radius 1 is 1.28 bits per heavy atom. The third-order valence-corrected chi connectivity index (χ3v) is 9.77. The number of hydrogen-bond donors (Lipinski definition) is 0. The molecule has 1 saturated heterocycles. The molecule has 1 fully saturated rings. The molecule has 2 rings (SSSR count). The Balaban J connectivity index is 2.22. The smallest absolute Gasteiger partial charge is 0.254 e. The van der Waals surface area contributed by atoms with E-state index < -0.39 is 20.5 Å². The predicted molar refractivity (Wildman–Crippen MR) is 99.3 cm³/mol. The topological polar surface area (TPSA) is 62.6 Å². The first kappa shape index (κ1) is 19.6. The molecule has 0 bridgehead atoms. The van der Waals surface area contributed by atoms with Crippen LogP contribution in [0.15, 0.2) is 30.3 Å². The van der Waals surface area contributed by atoms with Gasteiger partial charge in [0.15, 0.2) is 20.5 Å². The number of methoxy groups -OCH3 is 1. The monoisotopic (exact) mass is 360 g/mol. The quantitative estimate of drug-likeness (QED) is 0.577. The number of hydrogen-bond acceptors (Lipinski definition) is 4. The number of nitrogens with zero attached hydrogens (tertiary/aromatic N) is 2. The van der Waals surface area contributed by atoms with Crippen molar-refractivity contribution in [3.63, 3.8) is 0 Å². The highest BCUT2D eigenvalue weighted by molar-refractivity contribution is 6.74. The molecular formula is C19H28N2O3Si. The van der Waals surface area contributed by atoms with E-state index in [-0.39, 0.29) is 17.0 Å². The average Bonchev–Trinajstić information content (AvgIpc) is 2.55. The summed E-state index contributed by atoms with van der Waals surface area (Å²) in [7, 11) is -0.626. The molecule has 1 aromatic rings. The third kappa shape index (κ3) is 3.95. The van der Waals surface area contributed by atoms with Gasteiger partial charge < -0.3 is 14.1 Å². The Hall–Kier alpha value is -1.68. The normalized spacial score (nSPS) is 22.3. The zero-order valence-electron chi connectivity index (χ0n) is 15.9. The minimum Gasteiger partial charge on any atom is -0.400 e. The summed E-state index contributed by atoms with van der Waals surface area (Å²) in [6, 6.07) is 11.7. The number of nitriles is 1. The van der Waals surface area contributed by atoms with Gasteiger partial charge in [-0.05, 0) is 23.7 Å². The molecule has 0 unspecified atom stereocenters. The molecule has 1 aromatic carbocycles. The molecule has 1 aliphatic rings. The minimum absolute atomic E-state index is 0.0112. The van der Waals surface area contributed by atoms with Crippen LogP contribution in [0, 0.1) is 11.3 Å². The number of carbonyl (C=O) groups excluding carboxylic acids is 1. The Bertz CT molecular complexity index is 649. The lowest BCUT2D eigenvalue weighted by Crippen LogP contribution is -2.70. The summed E-state index contributed by atoms with van der Waals surface area (Å²) in [4.78, 5) is 14.1. The zero-order valence-corrected chi connectivity index (χ0v) is 16.9. The van der Waals surface area contributed by atoms with Crippen LogP contribution >= 0.6 is 0 Å². The summed E-state index contributed by atoms with van der Waals surface area (Å²) in [5.74, 6) is -0.0876. The first-order valence-electron chi connectivity index (χ1n) is 8.57. The lowest BCUT2D eigenvalue weighted by atomic mass is 9.92. The predicted octanol–water partition coefficient (Wildman–Crippen LogP) is 3.33. The van der Waals surface area contributed by atoms with Gasteiger partial charge in [0.25, 0.3) is 5.91 Å². The van der Waals surface area contributed by atoms with E-state index in [2.05, 4.69) is 39.9 Å². The van der Waals surface area contributed by atoms with Crippen LogP contribution in [-0.2, 0) is 20.5 Å². The van der Waals surface area contributed by atoms with Crippen LogP contribution in [0.2, 0.25) is 18.1 Å². The van der Waals surface area contributed by atoms with Gasteiger partial charge in [0.05, 0.1) is 6.07 Å². The molecule has 3 atom stereocenters. The largest absolute Gasteiger partial charge is 0.400 e. The fraction of sp³-hybridized carbons (Fsp3) is 0.579. The fourth-order valence-electron chi connectivity index (χ4n) is 2.73. The van der Waals surface area contributed by atoms with Gasteiger partial charge in [-0.25, -0.2) is 0 Å². The number of likely N-dealkylation sites (tertiary alicyclic amines) is 1. The van der Waals surface area contributed by atoms with E-state index in [0.29, 0.717) is 6.54 Å². The number of β-lactam (4-membered cyclic amide) rings is 1. The van der Waals surface area contributed by atoms with Gasteiger partial charge >= 0.3 is 0 Å². The summed E-state index contributed by atoms with van der Waals surface area (Å²) in [6.07, 6.45) is -1.30. The summed E-state index contributed by atoms with van der Waals surface area (Å²) in [6.45, 7) is 11.1. The summed E-state index contributed by atoms with van der Waals surface area (Å²) in [5.41, 5.74) is 1.03. The Morgan fingerprint density at radius 3 is 2.36 bits per heavy atom. The van der Waals surface area contributed by atoms with E-state index in [1.807, 2.05) is 30.3 Å². The van der Waals surface area contributed by atoms with Gasteiger partial charge in [0.1, 0.15) is 6.04 Å². The highest BCUT2D eigenvalue weighted by Gasteiger charge is 2.54. The van der Waals surface area contributed by atoms with Crippen molar-refractivity contribution in [3.05, 3.63) is 35.9 Å². The number of rotatable bonds is 6. The third-order valence-electron chi connectivity index (χ3n) is 5.31. The van der Waals surface area contributed by atoms with Crippen molar-refractivity contribution >= 4 is 14.2 Å². The molecule has 136 valence electrons. The average molecular weight is 361 g/mol. The maximum Gasteiger partial charge on any atom is 0.254 e. The van der Waals surface area contributed by atoms with Crippen molar-refractivity contribution in [2.75, 3.05) is 7.11 Å². The van der Waals surface area contributed by atoms with E-state index in [4.69, 9.17) is 9.16 Å². The Morgan fingerprint density at radius 2 is 1.88 bits per heavy atom. The fourth-order valence-corrected chi connectivity index (χ4v) is 3.91. The van der Waals surface area contributed by atoms with Crippen LogP contribution in [0.4, 0.5) is 0 Å². The number of carbonyl (C=O) groups is 1. The molecule has 0 radical (unpaired) electrons. The SMILES string of the molecule is CO[C@H]1C(=O)N(Cc2ccccc2)[C@H]1[C@H](C#N)O[Si](C)(C)C(C)(C)C. The van der Waals surface area contributed by atoms with E-state index in [1.165, 1.54) is 7.11 Å². The molecule has 25 heavy (non-hydrogen) atoms. The van der Waals surface area contributed by atoms with E-state index in [9.17, 15) is 10.1 Å². The van der Waals surface area contributed by atoms with Crippen LogP contribution in [0.25, 0.3) is 0 Å². The molecule has 0 N–H and O–H groups in total. The first-order valence-corrected chi connectivity index (χ1v) is 11.5. The summed E-state index contributed by atoms with van der Waals surface area (Å²) >= 11 is 0. The second kappa shape index (κ2) is 7.28. The molecule has 0 spiro atoms. The van der Waals surface area contributed by atoms with Crippen molar-refractivity contribution in [3.8, 4) is 6.07 Å². The molecular weight excluding hydrogens is 332 g/mol. The van der Waals surface area contributed by atoms with Crippen molar-refractivity contribution < 1.29 is 14.0 Å². The van der Waals surface area contributed by atoms with Crippen molar-refractivity contribution in [2.24, 2.45) is 0 Å². The van der Waals surface area contributed by atoms with Crippen molar-refractivity contribution in [2.45, 2.75) is 63.7 Å². The van der Waals surface area contributed by atoms with Gasteiger partial charge in [0, 0.05) is 13.7 Å². The van der Waals surface area contributed by atoms with E-state index in [0.717, 1.165) is 5.56 Å². The molecule has 1 heterocycles. The van der Waals surface area contributed by atoms with E-state index in [1.54, 1.807) is 4.90 Å². The lowest BCUT2D eigenvalue weighted by molar-refractivity contribution is -0.178. The molecule has 1 amide bonds. The summed E-state index contributed by atoms with van der Waals surface area (Å²) < 4.78 is 11.7. The standard InChI is InChI=1S/C19H28N2O3Si/c1-19(2,3)25(5,6)24-15(12-20)16-17(23-4)18(22)21(16)13-14-10-8-7-9-11-14/h7-11,15-17H,13H2,1-6H3/t15-,16-,17+/m0/s1. The summed E-state index contributed by atoms with van der Waals surface area (Å²) in [5, 5.41) is 9.72. The van der Waals surface area contributed by atoms with Crippen molar-refractivity contribution in [1.29, 1.82) is 5.26 Å². The van der Waals surface area contributed by atoms with Gasteiger partial charge in [-0.2, -0.15) is 5.26 Å². The molecule has 0 aromatic heterocycles. The van der Waals surface area contributed by atoms with Crippen LogP contribution in [0.5, 0.6) is 0 Å². The van der Waals surface area contributed by atoms with Gasteiger partial charge in [-0.1, -0.05) is 51.1 Å². The van der Waals surface area contributed by atoms with Crippen LogP contribution in [0.3, 0.4) is 0 Å². The Labute approximate surface area is 151 Å². The maximum absolute atomic E-state index is 12.4. The highest BCUT2D eigenvalue weighted by Crippen LogP contribution is 2.39. The number of amides is 1. The molecule has 5 nitrogen and oxygen atoms in total. The molecule has 0 saturated carbocycles. The first-order chi connectivity index (χ1) is 11.6. The maximum atomic E-state index is 12.4. The molecule has 1 aliphatic heterocycles. The number of ether oxygens (including phenoxy) is 1. The van der Waals surface area contributed by atoms with Crippen LogP contribution in [0.1, 0.15) is 26.3 Å². The van der Waals surface area contributed by atoms with Gasteiger partial charge in [-0.15, -0.1) is 0 Å². The molecule has 6 heteroatoms. The van der Waals surface area contributed by atoms with Gasteiger partial charge in [0.2, 0.25) is 0 Å². The van der Waals surface area contributed by atoms with Crippen molar-refractivity contribution in [1.82, 2.24) is 4.90 Å². The zero-order chi connectivity index (χ0) is 18.8. The highest BCUT2D eigenvalue weighted by atomic mass is 28.4.